The summed E-state index contributed by atoms with van der Waals surface area (Å²) in [7, 11) is -1.32. The van der Waals surface area contributed by atoms with Crippen LogP contribution in [0.5, 0.6) is 0 Å². The third-order valence-corrected chi connectivity index (χ3v) is 3.86. The monoisotopic (exact) mass is 272 g/mol. The Morgan fingerprint density at radius 3 is 2.63 bits per heavy atom. The molecule has 2 atom stereocenters. The molecule has 19 heavy (non-hydrogen) atoms. The normalized spacial score (nSPS) is 22.2. The Morgan fingerprint density at radius 1 is 1.37 bits per heavy atom. The standard InChI is InChI=1S/C12H25BN2O4/c14-12(11(16)17,6-1-2-8-13(18)19)7-5-10-4-3-9-15-10/h10,15,18-19H,1-9,14H2,(H,16,17). The van der Waals surface area contributed by atoms with Crippen molar-refractivity contribution >= 4 is 13.1 Å². The molecule has 0 aromatic rings. The van der Waals surface area contributed by atoms with Gasteiger partial charge in [0.2, 0.25) is 0 Å². The zero-order valence-electron chi connectivity index (χ0n) is 11.3. The van der Waals surface area contributed by atoms with Crippen molar-refractivity contribution < 1.29 is 19.9 Å². The van der Waals surface area contributed by atoms with Gasteiger partial charge in [-0.1, -0.05) is 12.8 Å². The van der Waals surface area contributed by atoms with E-state index in [9.17, 15) is 9.90 Å². The third kappa shape index (κ3) is 5.90. The van der Waals surface area contributed by atoms with Gasteiger partial charge in [-0.05, 0) is 45.0 Å². The van der Waals surface area contributed by atoms with E-state index in [2.05, 4.69) is 5.32 Å². The van der Waals surface area contributed by atoms with Crippen LogP contribution in [0, 0.1) is 0 Å². The van der Waals surface area contributed by atoms with E-state index >= 15 is 0 Å². The number of nitrogens with one attached hydrogen (secondary N) is 1. The van der Waals surface area contributed by atoms with Crippen LogP contribution >= 0.6 is 0 Å². The number of hydrogen-bond acceptors (Lipinski definition) is 5. The summed E-state index contributed by atoms with van der Waals surface area (Å²) in [6.07, 6.45) is 5.29. The van der Waals surface area contributed by atoms with Crippen molar-refractivity contribution in [2.75, 3.05) is 6.54 Å². The van der Waals surface area contributed by atoms with Crippen molar-refractivity contribution in [3.05, 3.63) is 0 Å². The van der Waals surface area contributed by atoms with Gasteiger partial charge in [0.1, 0.15) is 5.54 Å². The molecular weight excluding hydrogens is 247 g/mol. The van der Waals surface area contributed by atoms with E-state index in [-0.39, 0.29) is 6.32 Å². The van der Waals surface area contributed by atoms with Gasteiger partial charge < -0.3 is 26.2 Å². The van der Waals surface area contributed by atoms with E-state index in [1.54, 1.807) is 0 Å². The fraction of sp³-hybridized carbons (Fsp3) is 0.917. The second-order valence-electron chi connectivity index (χ2n) is 5.52. The van der Waals surface area contributed by atoms with Crippen LogP contribution in [0.2, 0.25) is 6.32 Å². The van der Waals surface area contributed by atoms with E-state index in [0.717, 1.165) is 25.8 Å². The summed E-state index contributed by atoms with van der Waals surface area (Å²) in [5, 5.41) is 30.1. The maximum Gasteiger partial charge on any atom is 0.451 e. The minimum atomic E-state index is -1.32. The van der Waals surface area contributed by atoms with Gasteiger partial charge in [-0.3, -0.25) is 4.79 Å². The molecule has 0 bridgehead atoms. The summed E-state index contributed by atoms with van der Waals surface area (Å²) >= 11 is 0. The molecule has 0 radical (unpaired) electrons. The van der Waals surface area contributed by atoms with Crippen LogP contribution in [0.1, 0.15) is 44.9 Å². The number of carbonyl (C=O) groups is 1. The smallest absolute Gasteiger partial charge is 0.451 e. The largest absolute Gasteiger partial charge is 0.480 e. The van der Waals surface area contributed by atoms with Crippen LogP contribution in [0.25, 0.3) is 0 Å². The lowest BCUT2D eigenvalue weighted by Crippen LogP contribution is -2.48. The van der Waals surface area contributed by atoms with Gasteiger partial charge in [-0.25, -0.2) is 0 Å². The molecule has 6 nitrogen and oxygen atoms in total. The molecule has 1 rings (SSSR count). The summed E-state index contributed by atoms with van der Waals surface area (Å²) in [6, 6.07) is 0.390. The summed E-state index contributed by atoms with van der Waals surface area (Å²) in [5.74, 6) is -0.963. The number of carboxylic acid groups (broad SMARTS) is 1. The molecule has 1 aliphatic rings. The molecule has 0 spiro atoms. The van der Waals surface area contributed by atoms with Gasteiger partial charge >= 0.3 is 13.1 Å². The van der Waals surface area contributed by atoms with Crippen molar-refractivity contribution in [2.45, 2.75) is 62.8 Å². The van der Waals surface area contributed by atoms with Crippen LogP contribution in [0.15, 0.2) is 0 Å². The number of rotatable bonds is 9. The second kappa shape index (κ2) is 7.84. The molecule has 7 heteroatoms. The quantitative estimate of drug-likeness (QED) is 0.297. The molecule has 110 valence electrons. The molecule has 1 fully saturated rings. The van der Waals surface area contributed by atoms with Crippen LogP contribution in [-0.4, -0.2) is 46.4 Å². The van der Waals surface area contributed by atoms with Crippen molar-refractivity contribution in [3.63, 3.8) is 0 Å². The predicted octanol–water partition coefficient (Wildman–Crippen LogP) is -0.0562. The van der Waals surface area contributed by atoms with Crippen LogP contribution in [0.3, 0.4) is 0 Å². The highest BCUT2D eigenvalue weighted by atomic mass is 16.4. The zero-order chi connectivity index (χ0) is 14.3. The molecular formula is C12H25BN2O4. The Bertz CT molecular complexity index is 285. The van der Waals surface area contributed by atoms with E-state index < -0.39 is 18.6 Å². The van der Waals surface area contributed by atoms with E-state index in [4.69, 9.17) is 15.8 Å². The first kappa shape index (κ1) is 16.4. The predicted molar refractivity (Wildman–Crippen MR) is 73.7 cm³/mol. The number of carboxylic acids is 1. The maximum atomic E-state index is 11.3. The lowest BCUT2D eigenvalue weighted by Gasteiger charge is -2.26. The average molecular weight is 272 g/mol. The van der Waals surface area contributed by atoms with Gasteiger partial charge in [0.05, 0.1) is 0 Å². The van der Waals surface area contributed by atoms with Crippen LogP contribution in [-0.2, 0) is 4.79 Å². The molecule has 1 saturated heterocycles. The minimum absolute atomic E-state index is 0.264. The molecule has 6 N–H and O–H groups in total. The summed E-state index contributed by atoms with van der Waals surface area (Å²) in [6.45, 7) is 1.00. The maximum absolute atomic E-state index is 11.3. The van der Waals surface area contributed by atoms with Crippen molar-refractivity contribution in [1.29, 1.82) is 0 Å². The number of nitrogens with two attached hydrogens (primary N) is 1. The molecule has 0 aromatic heterocycles. The molecule has 0 saturated carbocycles. The molecule has 0 aliphatic carbocycles. The lowest BCUT2D eigenvalue weighted by atomic mass is 9.81. The molecule has 1 aliphatic heterocycles. The first-order valence-electron chi connectivity index (χ1n) is 7.06. The molecule has 2 unspecified atom stereocenters. The van der Waals surface area contributed by atoms with Gasteiger partial charge in [0, 0.05) is 6.04 Å². The summed E-state index contributed by atoms with van der Waals surface area (Å²) in [5.41, 5.74) is 4.79. The van der Waals surface area contributed by atoms with Crippen molar-refractivity contribution in [2.24, 2.45) is 5.73 Å². The molecule has 0 amide bonds. The number of aliphatic carboxylic acids is 1. The fourth-order valence-corrected chi connectivity index (χ4v) is 2.54. The van der Waals surface area contributed by atoms with Crippen molar-refractivity contribution in [1.82, 2.24) is 5.32 Å². The number of hydrogen-bond donors (Lipinski definition) is 5. The SMILES string of the molecule is NC(CCCCB(O)O)(CCC1CCCN1)C(=O)O. The van der Waals surface area contributed by atoms with Gasteiger partial charge in [-0.2, -0.15) is 0 Å². The Labute approximate surface area is 114 Å². The highest BCUT2D eigenvalue weighted by molar-refractivity contribution is 6.40. The molecule has 0 aromatic carbocycles. The Hall–Kier alpha value is -0.625. The van der Waals surface area contributed by atoms with Crippen LogP contribution in [0.4, 0.5) is 0 Å². The Kier molecular flexibility index (Phi) is 6.78. The van der Waals surface area contributed by atoms with Gasteiger partial charge in [0.15, 0.2) is 0 Å². The second-order valence-corrected chi connectivity index (χ2v) is 5.52. The first-order valence-corrected chi connectivity index (χ1v) is 7.06. The zero-order valence-corrected chi connectivity index (χ0v) is 11.3. The first-order chi connectivity index (χ1) is 8.94. The topological polar surface area (TPSA) is 116 Å². The Morgan fingerprint density at radius 2 is 2.11 bits per heavy atom. The summed E-state index contributed by atoms with van der Waals surface area (Å²) in [4.78, 5) is 11.3. The third-order valence-electron chi connectivity index (χ3n) is 3.86. The van der Waals surface area contributed by atoms with E-state index in [1.807, 2.05) is 0 Å². The van der Waals surface area contributed by atoms with Crippen molar-refractivity contribution in [3.8, 4) is 0 Å². The summed E-state index contributed by atoms with van der Waals surface area (Å²) < 4.78 is 0. The van der Waals surface area contributed by atoms with E-state index in [1.165, 1.54) is 0 Å². The highest BCUT2D eigenvalue weighted by Crippen LogP contribution is 2.22. The molecule has 1 heterocycles. The average Bonchev–Trinajstić information content (AvgIpc) is 2.85. The van der Waals surface area contributed by atoms with Gasteiger partial charge in [-0.15, -0.1) is 0 Å². The van der Waals surface area contributed by atoms with Crippen LogP contribution < -0.4 is 11.1 Å². The Balaban J connectivity index is 2.32. The van der Waals surface area contributed by atoms with Gasteiger partial charge in [0.25, 0.3) is 0 Å². The fourth-order valence-electron chi connectivity index (χ4n) is 2.54. The lowest BCUT2D eigenvalue weighted by molar-refractivity contribution is -0.144. The minimum Gasteiger partial charge on any atom is -0.480 e. The number of unbranched alkanes of at least 4 members (excludes halogenated alkanes) is 1. The highest BCUT2D eigenvalue weighted by Gasteiger charge is 2.34. The van der Waals surface area contributed by atoms with E-state index in [0.29, 0.717) is 31.7 Å².